The van der Waals surface area contributed by atoms with Crippen LogP contribution >= 0.6 is 0 Å². The highest BCUT2D eigenvalue weighted by molar-refractivity contribution is 6.27. The van der Waals surface area contributed by atoms with E-state index in [0.717, 1.165) is 18.4 Å². The summed E-state index contributed by atoms with van der Waals surface area (Å²) in [5, 5.41) is 10.5. The van der Waals surface area contributed by atoms with E-state index in [1.54, 1.807) is 7.11 Å². The zero-order chi connectivity index (χ0) is 13.4. The second kappa shape index (κ2) is 4.46. The molecule has 1 amide bonds. The summed E-state index contributed by atoms with van der Waals surface area (Å²) < 4.78 is 5.19. The van der Waals surface area contributed by atoms with Gasteiger partial charge in [0.2, 0.25) is 11.8 Å². The molecule has 1 fully saturated rings. The van der Waals surface area contributed by atoms with E-state index >= 15 is 0 Å². The molecule has 1 aliphatic carbocycles. The molecule has 1 aliphatic heterocycles. The Hall–Kier alpha value is -2.24. The van der Waals surface area contributed by atoms with E-state index in [-0.39, 0.29) is 18.1 Å². The van der Waals surface area contributed by atoms with Crippen molar-refractivity contribution < 1.29 is 14.3 Å². The van der Waals surface area contributed by atoms with Crippen molar-refractivity contribution in [3.8, 4) is 5.88 Å². The first-order valence-electron chi connectivity index (χ1n) is 6.13. The van der Waals surface area contributed by atoms with Gasteiger partial charge in [0.1, 0.15) is 0 Å². The average molecular weight is 259 g/mol. The molecule has 2 heterocycles. The lowest BCUT2D eigenvalue weighted by molar-refractivity contribution is -0.125. The maximum Gasteiger partial charge on any atom is 0.236 e. The van der Waals surface area contributed by atoms with Crippen molar-refractivity contribution in [1.29, 1.82) is 0 Å². The van der Waals surface area contributed by atoms with E-state index in [9.17, 15) is 9.59 Å². The molecule has 0 aromatic carbocycles. The second-order valence-electron chi connectivity index (χ2n) is 4.69. The van der Waals surface area contributed by atoms with Gasteiger partial charge in [-0.3, -0.25) is 9.59 Å². The van der Waals surface area contributed by atoms with Crippen molar-refractivity contribution in [3.63, 3.8) is 0 Å². The largest absolute Gasteiger partial charge is 0.480 e. The number of hydrogen-bond donors (Lipinski definition) is 1. The van der Waals surface area contributed by atoms with Gasteiger partial charge in [-0.2, -0.15) is 0 Å². The zero-order valence-electron chi connectivity index (χ0n) is 10.5. The molecule has 98 valence electrons. The van der Waals surface area contributed by atoms with Gasteiger partial charge in [0.25, 0.3) is 0 Å². The molecule has 6 nitrogen and oxygen atoms in total. The molecule has 1 saturated carbocycles. The standard InChI is InChI=1S/C13H13N3O3/c1-19-13-8(7-2-3-7)4-10(15-16-13)9-6-14-12(18)5-11(9)17/h4,6-7H,2-3,5H2,1H3,(H,14,18). The van der Waals surface area contributed by atoms with E-state index in [2.05, 4.69) is 15.5 Å². The molecule has 0 radical (unpaired) electrons. The number of Topliss-reactive ketones (excluding diaryl/α,β-unsaturated/α-hetero) is 1. The molecule has 1 aromatic heterocycles. The van der Waals surface area contributed by atoms with Crippen LogP contribution < -0.4 is 10.1 Å². The lowest BCUT2D eigenvalue weighted by Crippen LogP contribution is -2.27. The Morgan fingerprint density at radius 2 is 2.11 bits per heavy atom. The van der Waals surface area contributed by atoms with Gasteiger partial charge in [-0.05, 0) is 24.8 Å². The fourth-order valence-electron chi connectivity index (χ4n) is 2.11. The summed E-state index contributed by atoms with van der Waals surface area (Å²) in [6, 6.07) is 1.84. The van der Waals surface area contributed by atoms with Crippen molar-refractivity contribution in [2.75, 3.05) is 7.11 Å². The molecule has 0 spiro atoms. The van der Waals surface area contributed by atoms with Crippen molar-refractivity contribution in [3.05, 3.63) is 23.5 Å². The first kappa shape index (κ1) is 11.8. The van der Waals surface area contributed by atoms with Crippen LogP contribution in [0.5, 0.6) is 5.88 Å². The Bertz CT molecular complexity index is 591. The molecule has 2 aliphatic rings. The summed E-state index contributed by atoms with van der Waals surface area (Å²) in [5.41, 5.74) is 1.88. The highest BCUT2D eigenvalue weighted by Gasteiger charge is 2.30. The lowest BCUT2D eigenvalue weighted by atomic mass is 10.0. The van der Waals surface area contributed by atoms with E-state index in [4.69, 9.17) is 4.74 Å². The van der Waals surface area contributed by atoms with Gasteiger partial charge < -0.3 is 10.1 Å². The molecular formula is C13H13N3O3. The molecule has 0 atom stereocenters. The second-order valence-corrected chi connectivity index (χ2v) is 4.69. The van der Waals surface area contributed by atoms with E-state index in [0.29, 0.717) is 23.1 Å². The Labute approximate surface area is 109 Å². The quantitative estimate of drug-likeness (QED) is 0.812. The molecule has 3 rings (SSSR count). The van der Waals surface area contributed by atoms with Crippen LogP contribution in [0.3, 0.4) is 0 Å². The third kappa shape index (κ3) is 2.21. The Morgan fingerprint density at radius 3 is 2.74 bits per heavy atom. The summed E-state index contributed by atoms with van der Waals surface area (Å²) in [4.78, 5) is 22.9. The zero-order valence-corrected chi connectivity index (χ0v) is 10.5. The van der Waals surface area contributed by atoms with Crippen LogP contribution in [0.2, 0.25) is 0 Å². The molecule has 6 heteroatoms. The summed E-state index contributed by atoms with van der Waals surface area (Å²) in [7, 11) is 1.56. The summed E-state index contributed by atoms with van der Waals surface area (Å²) in [5.74, 6) is 0.430. The predicted octanol–water partition coefficient (Wildman–Crippen LogP) is 0.792. The number of nitrogens with one attached hydrogen (secondary N) is 1. The summed E-state index contributed by atoms with van der Waals surface area (Å²) in [6.45, 7) is 0. The monoisotopic (exact) mass is 259 g/mol. The minimum atomic E-state index is -0.294. The minimum absolute atomic E-state index is 0.141. The topological polar surface area (TPSA) is 81.2 Å². The molecule has 1 aromatic rings. The van der Waals surface area contributed by atoms with Crippen molar-refractivity contribution >= 4 is 17.3 Å². The minimum Gasteiger partial charge on any atom is -0.480 e. The Kier molecular flexibility index (Phi) is 2.77. The molecule has 0 saturated heterocycles. The molecule has 0 bridgehead atoms. The lowest BCUT2D eigenvalue weighted by Gasteiger charge is -2.13. The fraction of sp³-hybridized carbons (Fsp3) is 0.385. The number of rotatable bonds is 3. The number of carbonyl (C=O) groups excluding carboxylic acids is 2. The first-order chi connectivity index (χ1) is 9.19. The van der Waals surface area contributed by atoms with E-state index in [1.165, 1.54) is 6.20 Å². The Balaban J connectivity index is 1.99. The van der Waals surface area contributed by atoms with Gasteiger partial charge in [0, 0.05) is 11.8 Å². The number of nitrogens with zero attached hydrogens (tertiary/aromatic N) is 2. The van der Waals surface area contributed by atoms with Gasteiger partial charge in [-0.25, -0.2) is 0 Å². The molecule has 1 N–H and O–H groups in total. The third-order valence-corrected chi connectivity index (χ3v) is 3.27. The maximum absolute atomic E-state index is 11.8. The Morgan fingerprint density at radius 1 is 1.32 bits per heavy atom. The number of amides is 1. The SMILES string of the molecule is COc1nnc(C2=CNC(=O)CC2=O)cc1C1CC1. The van der Waals surface area contributed by atoms with Crippen LogP contribution in [0, 0.1) is 0 Å². The summed E-state index contributed by atoms with van der Waals surface area (Å²) >= 11 is 0. The van der Waals surface area contributed by atoms with Crippen LogP contribution in [-0.2, 0) is 9.59 Å². The van der Waals surface area contributed by atoms with Crippen LogP contribution in [-0.4, -0.2) is 29.0 Å². The van der Waals surface area contributed by atoms with Gasteiger partial charge in [0.15, 0.2) is 5.78 Å². The maximum atomic E-state index is 11.8. The van der Waals surface area contributed by atoms with Gasteiger partial charge in [0.05, 0.1) is 24.8 Å². The van der Waals surface area contributed by atoms with Gasteiger partial charge in [-0.15, -0.1) is 10.2 Å². The molecule has 0 unspecified atom stereocenters. The normalized spacial score (nSPS) is 18.9. The number of allylic oxidation sites excluding steroid dienone is 1. The van der Waals surface area contributed by atoms with E-state index < -0.39 is 0 Å². The predicted molar refractivity (Wildman–Crippen MR) is 66.3 cm³/mol. The number of ketones is 1. The van der Waals surface area contributed by atoms with E-state index in [1.807, 2.05) is 6.07 Å². The first-order valence-corrected chi connectivity index (χ1v) is 6.13. The highest BCUT2D eigenvalue weighted by Crippen LogP contribution is 2.43. The van der Waals surface area contributed by atoms with Crippen LogP contribution in [0.4, 0.5) is 0 Å². The average Bonchev–Trinajstić information content (AvgIpc) is 3.22. The number of aromatic nitrogens is 2. The summed E-state index contributed by atoms with van der Waals surface area (Å²) in [6.07, 6.45) is 3.47. The van der Waals surface area contributed by atoms with Crippen LogP contribution in [0.15, 0.2) is 12.3 Å². The number of hydrogen-bond acceptors (Lipinski definition) is 5. The number of ether oxygens (including phenoxy) is 1. The van der Waals surface area contributed by atoms with Crippen molar-refractivity contribution in [2.45, 2.75) is 25.2 Å². The molecular weight excluding hydrogens is 246 g/mol. The van der Waals surface area contributed by atoms with Crippen LogP contribution in [0.25, 0.3) is 5.57 Å². The van der Waals surface area contributed by atoms with Crippen LogP contribution in [0.1, 0.15) is 36.4 Å². The number of methoxy groups -OCH3 is 1. The highest BCUT2D eigenvalue weighted by atomic mass is 16.5. The van der Waals surface area contributed by atoms with Crippen molar-refractivity contribution in [1.82, 2.24) is 15.5 Å². The van der Waals surface area contributed by atoms with Gasteiger partial charge in [-0.1, -0.05) is 0 Å². The number of carbonyl (C=O) groups is 2. The fourth-order valence-corrected chi connectivity index (χ4v) is 2.11. The molecule has 19 heavy (non-hydrogen) atoms. The van der Waals surface area contributed by atoms with Gasteiger partial charge >= 0.3 is 0 Å². The smallest absolute Gasteiger partial charge is 0.236 e. The van der Waals surface area contributed by atoms with Crippen molar-refractivity contribution in [2.24, 2.45) is 0 Å². The third-order valence-electron chi connectivity index (χ3n) is 3.27.